The summed E-state index contributed by atoms with van der Waals surface area (Å²) in [5.41, 5.74) is 4.09. The standard InChI is InChI=1S/C17H17N3S.C4H4O4/c1-2-6-13-12(5-1)11-21-15-8-4-3-7-14(15)16(13)20-17-18-9-10-19-17;5-3(6)1-2-4(7)8/h1-8,16H,9-11H2,(H2,18,19,20);1-2H,(H,5,6)(H,7,8). The number of guanidine groups is 1. The van der Waals surface area contributed by atoms with Crippen molar-refractivity contribution in [1.29, 1.82) is 0 Å². The zero-order valence-electron chi connectivity index (χ0n) is 15.5. The van der Waals surface area contributed by atoms with Crippen LogP contribution in [0.1, 0.15) is 22.7 Å². The molecule has 0 saturated heterocycles. The van der Waals surface area contributed by atoms with Crippen molar-refractivity contribution >= 4 is 29.7 Å². The smallest absolute Gasteiger partial charge is 0.328 e. The number of benzene rings is 2. The van der Waals surface area contributed by atoms with Crippen LogP contribution in [-0.2, 0) is 15.3 Å². The molecule has 0 aliphatic carbocycles. The number of aliphatic carboxylic acids is 2. The summed E-state index contributed by atoms with van der Waals surface area (Å²) in [4.78, 5) is 25.0. The molecule has 0 saturated carbocycles. The van der Waals surface area contributed by atoms with E-state index in [9.17, 15) is 9.59 Å². The number of rotatable bonds is 3. The molecule has 0 radical (unpaired) electrons. The van der Waals surface area contributed by atoms with Gasteiger partial charge in [0, 0.05) is 29.3 Å². The number of nitrogens with zero attached hydrogens (tertiary/aromatic N) is 1. The summed E-state index contributed by atoms with van der Waals surface area (Å²) in [6.07, 6.45) is 1.12. The molecule has 7 nitrogen and oxygen atoms in total. The van der Waals surface area contributed by atoms with E-state index in [2.05, 4.69) is 64.2 Å². The fourth-order valence-corrected chi connectivity index (χ4v) is 4.15. The number of nitrogens with one attached hydrogen (secondary N) is 2. The van der Waals surface area contributed by atoms with Gasteiger partial charge < -0.3 is 20.8 Å². The highest BCUT2D eigenvalue weighted by molar-refractivity contribution is 7.98. The Labute approximate surface area is 172 Å². The minimum absolute atomic E-state index is 0.164. The van der Waals surface area contributed by atoms with Gasteiger partial charge in [0.05, 0.1) is 12.6 Å². The maximum atomic E-state index is 9.55. The normalized spacial score (nSPS) is 17.0. The van der Waals surface area contributed by atoms with Crippen molar-refractivity contribution in [3.8, 4) is 0 Å². The van der Waals surface area contributed by atoms with Crippen molar-refractivity contribution in [3.05, 3.63) is 77.4 Å². The fraction of sp³-hybridized carbons (Fsp3) is 0.190. The lowest BCUT2D eigenvalue weighted by atomic mass is 9.95. The van der Waals surface area contributed by atoms with Gasteiger partial charge in [-0.1, -0.05) is 42.5 Å². The Morgan fingerprint density at radius 3 is 2.34 bits per heavy atom. The van der Waals surface area contributed by atoms with Crippen LogP contribution in [0.15, 0.2) is 70.6 Å². The number of aliphatic imine (C=N–C) groups is 1. The Morgan fingerprint density at radius 1 is 1.03 bits per heavy atom. The molecule has 2 aromatic carbocycles. The van der Waals surface area contributed by atoms with Crippen LogP contribution in [0.25, 0.3) is 0 Å². The summed E-state index contributed by atoms with van der Waals surface area (Å²) < 4.78 is 0. The third kappa shape index (κ3) is 5.61. The molecule has 1 atom stereocenters. The molecule has 0 amide bonds. The van der Waals surface area contributed by atoms with E-state index in [1.54, 1.807) is 0 Å². The van der Waals surface area contributed by atoms with Crippen LogP contribution in [0.5, 0.6) is 0 Å². The topological polar surface area (TPSA) is 111 Å². The van der Waals surface area contributed by atoms with Crippen molar-refractivity contribution in [2.75, 3.05) is 13.1 Å². The van der Waals surface area contributed by atoms with Gasteiger partial charge in [-0.05, 0) is 22.8 Å². The summed E-state index contributed by atoms with van der Waals surface area (Å²) in [6.45, 7) is 1.78. The molecule has 4 rings (SSSR count). The first-order valence-corrected chi connectivity index (χ1v) is 10.0. The van der Waals surface area contributed by atoms with E-state index < -0.39 is 11.9 Å². The third-order valence-corrected chi connectivity index (χ3v) is 5.44. The molecule has 4 N–H and O–H groups in total. The zero-order valence-corrected chi connectivity index (χ0v) is 16.4. The van der Waals surface area contributed by atoms with Crippen LogP contribution in [-0.4, -0.2) is 41.2 Å². The molecule has 0 fully saturated rings. The van der Waals surface area contributed by atoms with Crippen LogP contribution >= 0.6 is 11.8 Å². The van der Waals surface area contributed by atoms with Crippen molar-refractivity contribution < 1.29 is 19.8 Å². The number of fused-ring (bicyclic) bond motifs is 2. The molecule has 29 heavy (non-hydrogen) atoms. The van der Waals surface area contributed by atoms with Crippen LogP contribution in [0.2, 0.25) is 0 Å². The molecule has 2 aromatic rings. The van der Waals surface area contributed by atoms with Crippen LogP contribution in [0.4, 0.5) is 0 Å². The molecule has 0 bridgehead atoms. The molecule has 0 spiro atoms. The van der Waals surface area contributed by atoms with Gasteiger partial charge in [0.25, 0.3) is 0 Å². The van der Waals surface area contributed by atoms with Gasteiger partial charge in [-0.15, -0.1) is 11.8 Å². The van der Waals surface area contributed by atoms with Gasteiger partial charge in [-0.25, -0.2) is 9.59 Å². The highest BCUT2D eigenvalue weighted by Crippen LogP contribution is 2.39. The zero-order chi connectivity index (χ0) is 20.6. The molecule has 150 valence electrons. The van der Waals surface area contributed by atoms with E-state index in [1.807, 2.05) is 11.8 Å². The Morgan fingerprint density at radius 2 is 1.69 bits per heavy atom. The Hall–Kier alpha value is -3.26. The lowest BCUT2D eigenvalue weighted by molar-refractivity contribution is -0.134. The van der Waals surface area contributed by atoms with E-state index >= 15 is 0 Å². The molecule has 8 heteroatoms. The summed E-state index contributed by atoms with van der Waals surface area (Å²) in [6, 6.07) is 17.5. The number of carboxylic acids is 2. The van der Waals surface area contributed by atoms with Crippen LogP contribution in [0, 0.1) is 0 Å². The average molecular weight is 411 g/mol. The van der Waals surface area contributed by atoms with Gasteiger partial charge in [0.2, 0.25) is 0 Å². The predicted octanol–water partition coefficient (Wildman–Crippen LogP) is 2.64. The van der Waals surface area contributed by atoms with Crippen molar-refractivity contribution in [2.24, 2.45) is 4.99 Å². The first-order chi connectivity index (χ1) is 14.0. The number of thioether (sulfide) groups is 1. The summed E-state index contributed by atoms with van der Waals surface area (Å²) in [5, 5.41) is 22.5. The second kappa shape index (κ2) is 9.79. The van der Waals surface area contributed by atoms with E-state index in [4.69, 9.17) is 10.2 Å². The Balaban J connectivity index is 0.000000258. The van der Waals surface area contributed by atoms with E-state index in [0.29, 0.717) is 12.2 Å². The molecule has 0 aromatic heterocycles. The van der Waals surface area contributed by atoms with Crippen LogP contribution in [0.3, 0.4) is 0 Å². The minimum Gasteiger partial charge on any atom is -0.478 e. The first-order valence-electron chi connectivity index (χ1n) is 9.03. The predicted molar refractivity (Wildman–Crippen MR) is 112 cm³/mol. The Kier molecular flexibility index (Phi) is 6.91. The number of carbonyl (C=O) groups is 2. The molecule has 2 aliphatic rings. The quantitative estimate of drug-likeness (QED) is 0.575. The van der Waals surface area contributed by atoms with Gasteiger partial charge in [-0.3, -0.25) is 4.99 Å². The minimum atomic E-state index is -1.26. The summed E-state index contributed by atoms with van der Waals surface area (Å²) >= 11 is 1.91. The molecule has 2 heterocycles. The summed E-state index contributed by atoms with van der Waals surface area (Å²) in [7, 11) is 0. The van der Waals surface area contributed by atoms with Crippen molar-refractivity contribution in [1.82, 2.24) is 10.6 Å². The fourth-order valence-electron chi connectivity index (χ4n) is 3.05. The monoisotopic (exact) mass is 411 g/mol. The lowest BCUT2D eigenvalue weighted by Gasteiger charge is -2.22. The van der Waals surface area contributed by atoms with Gasteiger partial charge >= 0.3 is 11.9 Å². The number of hydrogen-bond acceptors (Lipinski definition) is 6. The van der Waals surface area contributed by atoms with Gasteiger partial charge in [0.15, 0.2) is 5.96 Å². The van der Waals surface area contributed by atoms with E-state index in [1.165, 1.54) is 21.6 Å². The van der Waals surface area contributed by atoms with Gasteiger partial charge in [0.1, 0.15) is 0 Å². The first kappa shape index (κ1) is 20.5. The average Bonchev–Trinajstić information content (AvgIpc) is 3.18. The van der Waals surface area contributed by atoms with Crippen molar-refractivity contribution in [2.45, 2.75) is 16.7 Å². The SMILES string of the molecule is O=C(O)C=CC(=O)O.c1ccc2c(c1)CSc1ccccc1C2NC1=NCCN1. The van der Waals surface area contributed by atoms with Crippen LogP contribution < -0.4 is 10.6 Å². The Bertz CT molecular complexity index is 895. The second-order valence-electron chi connectivity index (χ2n) is 6.27. The largest absolute Gasteiger partial charge is 0.478 e. The highest BCUT2D eigenvalue weighted by Gasteiger charge is 2.24. The maximum absolute atomic E-state index is 9.55. The van der Waals surface area contributed by atoms with E-state index in [-0.39, 0.29) is 6.04 Å². The van der Waals surface area contributed by atoms with Gasteiger partial charge in [-0.2, -0.15) is 0 Å². The third-order valence-electron chi connectivity index (χ3n) is 4.30. The molecule has 1 unspecified atom stereocenters. The van der Waals surface area contributed by atoms with E-state index in [0.717, 1.165) is 24.8 Å². The number of hydrogen-bond donors (Lipinski definition) is 4. The lowest BCUT2D eigenvalue weighted by Crippen LogP contribution is -2.37. The highest BCUT2D eigenvalue weighted by atomic mass is 32.2. The maximum Gasteiger partial charge on any atom is 0.328 e. The summed E-state index contributed by atoms with van der Waals surface area (Å²) in [5.74, 6) is -0.582. The van der Waals surface area contributed by atoms with Crippen molar-refractivity contribution in [3.63, 3.8) is 0 Å². The molecule has 2 aliphatic heterocycles. The molecular weight excluding hydrogens is 390 g/mol. The second-order valence-corrected chi connectivity index (χ2v) is 7.29. The molecular formula is C21H21N3O4S. The number of carboxylic acid groups (broad SMARTS) is 2.